The number of aromatic carboxylic acids is 1. The Labute approximate surface area is 92.4 Å². The summed E-state index contributed by atoms with van der Waals surface area (Å²) in [6, 6.07) is 3.67. The summed E-state index contributed by atoms with van der Waals surface area (Å²) in [5.41, 5.74) is 2.30. The Balaban J connectivity index is 2.49. The van der Waals surface area contributed by atoms with E-state index in [1.807, 2.05) is 13.0 Å². The minimum Gasteiger partial charge on any atom is -0.478 e. The number of benzene rings is 1. The van der Waals surface area contributed by atoms with Crippen molar-refractivity contribution in [3.8, 4) is 0 Å². The molecule has 0 aromatic heterocycles. The van der Waals surface area contributed by atoms with E-state index in [1.165, 1.54) is 0 Å². The number of aryl methyl sites for hydroxylation is 1. The highest BCUT2D eigenvalue weighted by molar-refractivity contribution is 7.99. The molecule has 0 radical (unpaired) electrons. The van der Waals surface area contributed by atoms with Gasteiger partial charge in [0, 0.05) is 17.8 Å². The van der Waals surface area contributed by atoms with E-state index < -0.39 is 5.97 Å². The van der Waals surface area contributed by atoms with Crippen LogP contribution in [0.25, 0.3) is 0 Å². The molecule has 0 saturated heterocycles. The highest BCUT2D eigenvalue weighted by Gasteiger charge is 2.25. The molecule has 0 bridgehead atoms. The van der Waals surface area contributed by atoms with Gasteiger partial charge in [-0.1, -0.05) is 6.07 Å². The topological polar surface area (TPSA) is 46.5 Å². The van der Waals surface area contributed by atoms with Crippen LogP contribution < -0.4 is 0 Å². The summed E-state index contributed by atoms with van der Waals surface area (Å²) in [6.45, 7) is 1.82. The Morgan fingerprint density at radius 3 is 2.93 bits per heavy atom. The minimum absolute atomic E-state index is 0.103. The summed E-state index contributed by atoms with van der Waals surface area (Å²) in [4.78, 5) is 12.0. The molecule has 3 nitrogen and oxygen atoms in total. The van der Waals surface area contributed by atoms with E-state index in [2.05, 4.69) is 0 Å². The summed E-state index contributed by atoms with van der Waals surface area (Å²) in [6.07, 6.45) is 0.103. The van der Waals surface area contributed by atoms with Crippen LogP contribution in [0.4, 0.5) is 0 Å². The van der Waals surface area contributed by atoms with Crippen LogP contribution in [0, 0.1) is 6.92 Å². The maximum atomic E-state index is 10.9. The number of rotatable bonds is 2. The van der Waals surface area contributed by atoms with Gasteiger partial charge in [-0.25, -0.2) is 4.79 Å². The van der Waals surface area contributed by atoms with Crippen molar-refractivity contribution in [3.63, 3.8) is 0 Å². The second-order valence-electron chi connectivity index (χ2n) is 3.55. The van der Waals surface area contributed by atoms with Gasteiger partial charge in [0.2, 0.25) is 0 Å². The molecule has 2 rings (SSSR count). The molecule has 1 aliphatic rings. The Bertz CT molecular complexity index is 415. The fourth-order valence-corrected chi connectivity index (χ4v) is 2.97. The Hall–Kier alpha value is -1.00. The third-order valence-corrected chi connectivity index (χ3v) is 3.74. The smallest absolute Gasteiger partial charge is 0.335 e. The number of carboxylic acid groups (broad SMARTS) is 1. The number of methoxy groups -OCH3 is 1. The predicted octanol–water partition coefficient (Wildman–Crippen LogP) is 2.49. The first kappa shape index (κ1) is 10.5. The van der Waals surface area contributed by atoms with Crippen molar-refractivity contribution in [2.45, 2.75) is 17.9 Å². The lowest BCUT2D eigenvalue weighted by molar-refractivity contribution is 0.0695. The number of carboxylic acids is 1. The molecule has 1 N–H and O–H groups in total. The van der Waals surface area contributed by atoms with Gasteiger partial charge in [-0.3, -0.25) is 0 Å². The predicted molar refractivity (Wildman–Crippen MR) is 58.6 cm³/mol. The normalized spacial score (nSPS) is 18.9. The van der Waals surface area contributed by atoms with Gasteiger partial charge in [-0.15, -0.1) is 11.8 Å². The Morgan fingerprint density at radius 1 is 1.60 bits per heavy atom. The van der Waals surface area contributed by atoms with Crippen LogP contribution in [-0.4, -0.2) is 23.9 Å². The van der Waals surface area contributed by atoms with Gasteiger partial charge in [0.25, 0.3) is 0 Å². The number of fused-ring (bicyclic) bond motifs is 1. The van der Waals surface area contributed by atoms with Gasteiger partial charge in [0.15, 0.2) is 0 Å². The molecule has 0 aliphatic carbocycles. The van der Waals surface area contributed by atoms with Crippen molar-refractivity contribution in [1.82, 2.24) is 0 Å². The first-order valence-corrected chi connectivity index (χ1v) is 5.65. The number of hydrogen-bond acceptors (Lipinski definition) is 3. The van der Waals surface area contributed by atoms with Crippen LogP contribution in [0.3, 0.4) is 0 Å². The summed E-state index contributed by atoms with van der Waals surface area (Å²) in [7, 11) is 1.68. The molecule has 0 saturated carbocycles. The van der Waals surface area contributed by atoms with Crippen molar-refractivity contribution in [3.05, 3.63) is 28.8 Å². The zero-order valence-electron chi connectivity index (χ0n) is 8.61. The third-order valence-electron chi connectivity index (χ3n) is 2.61. The lowest BCUT2D eigenvalue weighted by Gasteiger charge is -2.10. The molecule has 1 aliphatic heterocycles. The van der Waals surface area contributed by atoms with E-state index in [4.69, 9.17) is 9.84 Å². The molecule has 1 aromatic rings. The van der Waals surface area contributed by atoms with Crippen molar-refractivity contribution in [1.29, 1.82) is 0 Å². The van der Waals surface area contributed by atoms with E-state index in [0.29, 0.717) is 5.56 Å². The van der Waals surface area contributed by atoms with Gasteiger partial charge in [-0.2, -0.15) is 0 Å². The molecule has 1 aromatic carbocycles. The Morgan fingerprint density at radius 2 is 2.33 bits per heavy atom. The fraction of sp³-hybridized carbons (Fsp3) is 0.364. The molecule has 1 heterocycles. The average molecular weight is 224 g/mol. The largest absolute Gasteiger partial charge is 0.478 e. The number of hydrogen-bond donors (Lipinski definition) is 1. The maximum Gasteiger partial charge on any atom is 0.335 e. The third kappa shape index (κ3) is 1.75. The quantitative estimate of drug-likeness (QED) is 0.838. The van der Waals surface area contributed by atoms with Gasteiger partial charge in [0.1, 0.15) is 0 Å². The van der Waals surface area contributed by atoms with Gasteiger partial charge in [0.05, 0.1) is 11.7 Å². The number of ether oxygens (including phenoxy) is 1. The molecule has 80 valence electrons. The molecule has 4 heteroatoms. The molecular weight excluding hydrogens is 212 g/mol. The summed E-state index contributed by atoms with van der Waals surface area (Å²) >= 11 is 1.65. The first-order valence-electron chi connectivity index (χ1n) is 4.67. The van der Waals surface area contributed by atoms with E-state index in [1.54, 1.807) is 24.9 Å². The lowest BCUT2D eigenvalue weighted by atomic mass is 10.0. The van der Waals surface area contributed by atoms with Crippen LogP contribution in [-0.2, 0) is 4.74 Å². The molecule has 1 atom stereocenters. The van der Waals surface area contributed by atoms with Gasteiger partial charge >= 0.3 is 5.97 Å². The molecule has 15 heavy (non-hydrogen) atoms. The minimum atomic E-state index is -0.864. The van der Waals surface area contributed by atoms with Crippen LogP contribution in [0.15, 0.2) is 17.0 Å². The second-order valence-corrected chi connectivity index (χ2v) is 4.61. The van der Waals surface area contributed by atoms with E-state index in [-0.39, 0.29) is 6.10 Å². The van der Waals surface area contributed by atoms with Crippen LogP contribution in [0.5, 0.6) is 0 Å². The second kappa shape index (κ2) is 3.87. The van der Waals surface area contributed by atoms with E-state index in [0.717, 1.165) is 21.8 Å². The lowest BCUT2D eigenvalue weighted by Crippen LogP contribution is -2.03. The van der Waals surface area contributed by atoms with Crippen molar-refractivity contribution in [2.24, 2.45) is 0 Å². The molecule has 1 unspecified atom stereocenters. The molecule has 0 spiro atoms. The highest BCUT2D eigenvalue weighted by atomic mass is 32.2. The average Bonchev–Trinajstić information content (AvgIpc) is 2.58. The number of thioether (sulfide) groups is 1. The molecule has 0 fully saturated rings. The van der Waals surface area contributed by atoms with Crippen LogP contribution in [0.2, 0.25) is 0 Å². The van der Waals surface area contributed by atoms with Crippen molar-refractivity contribution in [2.75, 3.05) is 12.9 Å². The van der Waals surface area contributed by atoms with Crippen molar-refractivity contribution >= 4 is 17.7 Å². The SMILES string of the molecule is COC1CSc2cc(C(=O)O)c(C)cc21. The van der Waals surface area contributed by atoms with Crippen molar-refractivity contribution < 1.29 is 14.6 Å². The first-order chi connectivity index (χ1) is 7.13. The van der Waals surface area contributed by atoms with Gasteiger partial charge in [-0.05, 0) is 24.1 Å². The Kier molecular flexibility index (Phi) is 2.71. The monoisotopic (exact) mass is 224 g/mol. The highest BCUT2D eigenvalue weighted by Crippen LogP contribution is 2.41. The summed E-state index contributed by atoms with van der Waals surface area (Å²) in [5, 5.41) is 8.98. The fourth-order valence-electron chi connectivity index (χ4n) is 1.77. The summed E-state index contributed by atoms with van der Waals surface area (Å²) < 4.78 is 5.32. The standard InChI is InChI=1S/C11H12O3S/c1-6-3-8-9(14-2)5-15-10(8)4-7(6)11(12)13/h3-4,9H,5H2,1-2H3,(H,12,13). The summed E-state index contributed by atoms with van der Waals surface area (Å²) in [5.74, 6) is 0.00529. The number of carbonyl (C=O) groups is 1. The zero-order valence-corrected chi connectivity index (χ0v) is 9.43. The molecule has 0 amide bonds. The zero-order chi connectivity index (χ0) is 11.0. The molecular formula is C11H12O3S. The van der Waals surface area contributed by atoms with Gasteiger partial charge < -0.3 is 9.84 Å². The van der Waals surface area contributed by atoms with E-state index in [9.17, 15) is 4.79 Å². The van der Waals surface area contributed by atoms with Crippen LogP contribution in [0.1, 0.15) is 27.6 Å². The van der Waals surface area contributed by atoms with E-state index >= 15 is 0 Å². The maximum absolute atomic E-state index is 10.9. The van der Waals surface area contributed by atoms with Crippen LogP contribution >= 0.6 is 11.8 Å².